The Labute approximate surface area is 119 Å². The maximum absolute atomic E-state index is 6.09. The van der Waals surface area contributed by atoms with Gasteiger partial charge in [-0.1, -0.05) is 31.4 Å². The van der Waals surface area contributed by atoms with Gasteiger partial charge in [0.25, 0.3) is 0 Å². The van der Waals surface area contributed by atoms with Crippen LogP contribution >= 0.6 is 0 Å². The maximum atomic E-state index is 6.09. The van der Waals surface area contributed by atoms with E-state index in [0.717, 1.165) is 16.9 Å². The maximum Gasteiger partial charge on any atom is 0.153 e. The van der Waals surface area contributed by atoms with Crippen LogP contribution in [0.25, 0.3) is 11.1 Å². The molecule has 20 heavy (non-hydrogen) atoms. The fourth-order valence-electron chi connectivity index (χ4n) is 3.14. The van der Waals surface area contributed by atoms with Crippen molar-refractivity contribution in [2.24, 2.45) is 0 Å². The largest absolute Gasteiger partial charge is 0.497 e. The lowest BCUT2D eigenvalue weighted by molar-refractivity contribution is 0.415. The van der Waals surface area contributed by atoms with Gasteiger partial charge in [-0.05, 0) is 30.5 Å². The van der Waals surface area contributed by atoms with Crippen molar-refractivity contribution >= 4 is 5.82 Å². The van der Waals surface area contributed by atoms with Crippen molar-refractivity contribution in [3.63, 3.8) is 0 Å². The number of ether oxygens (including phenoxy) is 1. The van der Waals surface area contributed by atoms with Crippen molar-refractivity contribution in [1.29, 1.82) is 0 Å². The number of H-pyrrole nitrogens is 1. The van der Waals surface area contributed by atoms with E-state index in [1.54, 1.807) is 7.11 Å². The highest BCUT2D eigenvalue weighted by atomic mass is 16.5. The molecule has 1 saturated carbocycles. The summed E-state index contributed by atoms with van der Waals surface area (Å²) in [5.41, 5.74) is 9.41. The lowest BCUT2D eigenvalue weighted by Crippen LogP contribution is -2.06. The first-order valence-electron chi connectivity index (χ1n) is 7.27. The molecule has 4 nitrogen and oxygen atoms in total. The van der Waals surface area contributed by atoms with Crippen LogP contribution in [0.5, 0.6) is 5.75 Å². The SMILES string of the molecule is COc1cccc(-c2c(N)n[nH]c2C2CCCCC2)c1. The van der Waals surface area contributed by atoms with Crippen LogP contribution in [-0.4, -0.2) is 17.3 Å². The second kappa shape index (κ2) is 5.57. The van der Waals surface area contributed by atoms with E-state index in [9.17, 15) is 0 Å². The Balaban J connectivity index is 2.01. The Bertz CT molecular complexity index is 585. The monoisotopic (exact) mass is 271 g/mol. The summed E-state index contributed by atoms with van der Waals surface area (Å²) in [4.78, 5) is 0. The van der Waals surface area contributed by atoms with Crippen molar-refractivity contribution in [3.8, 4) is 16.9 Å². The van der Waals surface area contributed by atoms with Crippen LogP contribution in [0.15, 0.2) is 24.3 Å². The van der Waals surface area contributed by atoms with Crippen LogP contribution in [0.3, 0.4) is 0 Å². The average Bonchev–Trinajstić information content (AvgIpc) is 2.90. The Kier molecular flexibility index (Phi) is 3.63. The molecular weight excluding hydrogens is 250 g/mol. The third-order valence-corrected chi connectivity index (χ3v) is 4.19. The van der Waals surface area contributed by atoms with Gasteiger partial charge in [0.1, 0.15) is 5.75 Å². The van der Waals surface area contributed by atoms with Crippen LogP contribution in [0.1, 0.15) is 43.7 Å². The summed E-state index contributed by atoms with van der Waals surface area (Å²) >= 11 is 0. The molecule has 1 aromatic carbocycles. The molecule has 106 valence electrons. The van der Waals surface area contributed by atoms with E-state index >= 15 is 0 Å². The van der Waals surface area contributed by atoms with E-state index in [2.05, 4.69) is 16.3 Å². The van der Waals surface area contributed by atoms with Crippen molar-refractivity contribution in [2.75, 3.05) is 12.8 Å². The fraction of sp³-hybridized carbons (Fsp3) is 0.438. The van der Waals surface area contributed by atoms with Gasteiger partial charge in [-0.2, -0.15) is 5.10 Å². The highest BCUT2D eigenvalue weighted by Crippen LogP contribution is 2.39. The zero-order valence-electron chi connectivity index (χ0n) is 11.9. The molecule has 0 saturated heterocycles. The molecule has 0 atom stereocenters. The van der Waals surface area contributed by atoms with Gasteiger partial charge < -0.3 is 10.5 Å². The number of rotatable bonds is 3. The Morgan fingerprint density at radius 1 is 1.25 bits per heavy atom. The standard InChI is InChI=1S/C16H21N3O/c1-20-13-9-5-8-12(10-13)14-15(18-19-16(14)17)11-6-3-2-4-7-11/h5,8-11H,2-4,6-7H2,1H3,(H3,17,18,19). The summed E-state index contributed by atoms with van der Waals surface area (Å²) in [6.07, 6.45) is 6.37. The summed E-state index contributed by atoms with van der Waals surface area (Å²) < 4.78 is 5.31. The third kappa shape index (κ3) is 2.38. The summed E-state index contributed by atoms with van der Waals surface area (Å²) in [6, 6.07) is 8.02. The number of nitrogen functional groups attached to an aromatic ring is 1. The summed E-state index contributed by atoms with van der Waals surface area (Å²) in [6.45, 7) is 0. The predicted octanol–water partition coefficient (Wildman–Crippen LogP) is 3.72. The first kappa shape index (κ1) is 13.0. The minimum Gasteiger partial charge on any atom is -0.497 e. The van der Waals surface area contributed by atoms with Gasteiger partial charge >= 0.3 is 0 Å². The highest BCUT2D eigenvalue weighted by Gasteiger charge is 2.23. The van der Waals surface area contributed by atoms with E-state index < -0.39 is 0 Å². The summed E-state index contributed by atoms with van der Waals surface area (Å²) in [5.74, 6) is 1.98. The minimum atomic E-state index is 0.551. The molecular formula is C16H21N3O. The fourth-order valence-corrected chi connectivity index (χ4v) is 3.14. The van der Waals surface area contributed by atoms with Gasteiger partial charge in [0.2, 0.25) is 0 Å². The number of nitrogens with two attached hydrogens (primary N) is 1. The van der Waals surface area contributed by atoms with Crippen LogP contribution in [0, 0.1) is 0 Å². The van der Waals surface area contributed by atoms with Gasteiger partial charge in [0.15, 0.2) is 5.82 Å². The van der Waals surface area contributed by atoms with Gasteiger partial charge in [0.05, 0.1) is 7.11 Å². The molecule has 4 heteroatoms. The number of methoxy groups -OCH3 is 1. The molecule has 0 amide bonds. The molecule has 1 fully saturated rings. The molecule has 0 aliphatic heterocycles. The number of anilines is 1. The molecule has 2 aromatic rings. The highest BCUT2D eigenvalue weighted by molar-refractivity contribution is 5.77. The van der Waals surface area contributed by atoms with E-state index in [4.69, 9.17) is 10.5 Å². The van der Waals surface area contributed by atoms with E-state index in [0.29, 0.717) is 11.7 Å². The van der Waals surface area contributed by atoms with Crippen LogP contribution in [0.2, 0.25) is 0 Å². The van der Waals surface area contributed by atoms with Crippen molar-refractivity contribution in [1.82, 2.24) is 10.2 Å². The van der Waals surface area contributed by atoms with Gasteiger partial charge in [-0.25, -0.2) is 0 Å². The zero-order chi connectivity index (χ0) is 13.9. The number of hydrogen-bond acceptors (Lipinski definition) is 3. The van der Waals surface area contributed by atoms with Crippen molar-refractivity contribution in [3.05, 3.63) is 30.0 Å². The number of aromatic nitrogens is 2. The molecule has 0 radical (unpaired) electrons. The number of aromatic amines is 1. The summed E-state index contributed by atoms with van der Waals surface area (Å²) in [5, 5.41) is 7.40. The predicted molar refractivity (Wildman–Crippen MR) is 80.8 cm³/mol. The summed E-state index contributed by atoms with van der Waals surface area (Å²) in [7, 11) is 1.68. The van der Waals surface area contributed by atoms with Crippen LogP contribution < -0.4 is 10.5 Å². The van der Waals surface area contributed by atoms with E-state index in [1.165, 1.54) is 37.8 Å². The lowest BCUT2D eigenvalue weighted by Gasteiger charge is -2.21. The number of nitrogens with zero attached hydrogens (tertiary/aromatic N) is 1. The smallest absolute Gasteiger partial charge is 0.153 e. The average molecular weight is 271 g/mol. The van der Waals surface area contributed by atoms with Gasteiger partial charge in [-0.15, -0.1) is 0 Å². The number of hydrogen-bond donors (Lipinski definition) is 2. The topological polar surface area (TPSA) is 63.9 Å². The molecule has 1 aromatic heterocycles. The first-order chi connectivity index (χ1) is 9.79. The number of nitrogens with one attached hydrogen (secondary N) is 1. The van der Waals surface area contributed by atoms with E-state index in [-0.39, 0.29) is 0 Å². The molecule has 1 aliphatic carbocycles. The molecule has 0 spiro atoms. The molecule has 0 unspecified atom stereocenters. The molecule has 0 bridgehead atoms. The van der Waals surface area contributed by atoms with Crippen LogP contribution in [0.4, 0.5) is 5.82 Å². The van der Waals surface area contributed by atoms with Crippen LogP contribution in [-0.2, 0) is 0 Å². The Morgan fingerprint density at radius 3 is 2.80 bits per heavy atom. The second-order valence-corrected chi connectivity index (χ2v) is 5.46. The van der Waals surface area contributed by atoms with E-state index in [1.807, 2.05) is 18.2 Å². The molecule has 3 N–H and O–H groups in total. The Hall–Kier alpha value is -1.97. The third-order valence-electron chi connectivity index (χ3n) is 4.19. The quantitative estimate of drug-likeness (QED) is 0.894. The minimum absolute atomic E-state index is 0.551. The first-order valence-corrected chi connectivity index (χ1v) is 7.27. The second-order valence-electron chi connectivity index (χ2n) is 5.46. The number of benzene rings is 1. The van der Waals surface area contributed by atoms with Gasteiger partial charge in [0, 0.05) is 17.2 Å². The molecule has 1 heterocycles. The van der Waals surface area contributed by atoms with Crippen molar-refractivity contribution < 1.29 is 4.74 Å². The van der Waals surface area contributed by atoms with Crippen molar-refractivity contribution in [2.45, 2.75) is 38.0 Å². The lowest BCUT2D eigenvalue weighted by atomic mass is 9.84. The van der Waals surface area contributed by atoms with Gasteiger partial charge in [-0.3, -0.25) is 5.10 Å². The normalized spacial score (nSPS) is 16.2. The molecule has 1 aliphatic rings. The molecule has 3 rings (SSSR count). The zero-order valence-corrected chi connectivity index (χ0v) is 11.9. The Morgan fingerprint density at radius 2 is 2.05 bits per heavy atom.